The third-order valence-corrected chi connectivity index (χ3v) is 8.45. The van der Waals surface area contributed by atoms with Gasteiger partial charge in [-0.2, -0.15) is 0 Å². The van der Waals surface area contributed by atoms with Gasteiger partial charge in [-0.15, -0.1) is 0 Å². The Kier molecular flexibility index (Phi) is 3.53. The molecule has 6 fully saturated rings. The van der Waals surface area contributed by atoms with Gasteiger partial charge in [0.15, 0.2) is 5.92 Å². The quantitative estimate of drug-likeness (QED) is 0.577. The second-order valence-electron chi connectivity index (χ2n) is 9.70. The lowest BCUT2D eigenvalue weighted by Gasteiger charge is -2.60. The molecule has 6 rings (SSSR count). The third-order valence-electron chi connectivity index (χ3n) is 8.45. The van der Waals surface area contributed by atoms with E-state index in [1.165, 1.54) is 32.1 Å². The first-order chi connectivity index (χ1) is 12.0. The molecule has 4 heteroatoms. The maximum Gasteiger partial charge on any atom is 0.321 e. The summed E-state index contributed by atoms with van der Waals surface area (Å²) in [6.07, 6.45) is 8.89. The zero-order valence-electron chi connectivity index (χ0n) is 15.4. The minimum absolute atomic E-state index is 0.0165. The average Bonchev–Trinajstić information content (AvgIpc) is 2.85. The molecule has 0 N–H and O–H groups in total. The van der Waals surface area contributed by atoms with Gasteiger partial charge in [0.25, 0.3) is 0 Å². The molecule has 6 aliphatic rings. The number of rotatable bonds is 3. The minimum atomic E-state index is -0.679. The van der Waals surface area contributed by atoms with E-state index in [0.29, 0.717) is 17.8 Å². The second-order valence-corrected chi connectivity index (χ2v) is 9.70. The Labute approximate surface area is 150 Å². The van der Waals surface area contributed by atoms with Gasteiger partial charge in [0.2, 0.25) is 0 Å². The van der Waals surface area contributed by atoms with E-state index in [1.807, 2.05) is 0 Å². The smallest absolute Gasteiger partial charge is 0.321 e. The Morgan fingerprint density at radius 3 is 2.32 bits per heavy atom. The zero-order valence-corrected chi connectivity index (χ0v) is 15.4. The second kappa shape index (κ2) is 5.47. The summed E-state index contributed by atoms with van der Waals surface area (Å²) in [7, 11) is 0. The highest BCUT2D eigenvalue weighted by atomic mass is 16.6. The molecule has 1 aliphatic heterocycles. The van der Waals surface area contributed by atoms with E-state index in [9.17, 15) is 9.59 Å². The van der Waals surface area contributed by atoms with Crippen molar-refractivity contribution in [2.24, 2.45) is 41.4 Å². The van der Waals surface area contributed by atoms with Gasteiger partial charge < -0.3 is 9.47 Å². The van der Waals surface area contributed by atoms with E-state index in [0.717, 1.165) is 31.1 Å². The van der Waals surface area contributed by atoms with Crippen LogP contribution in [-0.2, 0) is 19.1 Å². The molecule has 0 amide bonds. The van der Waals surface area contributed by atoms with Gasteiger partial charge >= 0.3 is 11.9 Å². The van der Waals surface area contributed by atoms with Crippen molar-refractivity contribution in [1.29, 1.82) is 0 Å². The van der Waals surface area contributed by atoms with Crippen LogP contribution in [0.2, 0.25) is 0 Å². The molecule has 5 aliphatic carbocycles. The van der Waals surface area contributed by atoms with Crippen molar-refractivity contribution in [2.45, 2.75) is 76.9 Å². The normalized spacial score (nSPS) is 53.0. The average molecular weight is 346 g/mol. The molecule has 1 saturated heterocycles. The molecule has 138 valence electrons. The SMILES string of the molecule is CCC1(OC(=O)C2C(=O)OC3CC2CC3C)C2CC3CC(C2)CC1C3. The molecule has 4 atom stereocenters. The lowest BCUT2D eigenvalue weighted by Crippen LogP contribution is -2.60. The van der Waals surface area contributed by atoms with Crippen molar-refractivity contribution in [3.8, 4) is 0 Å². The highest BCUT2D eigenvalue weighted by Crippen LogP contribution is 2.61. The minimum Gasteiger partial charge on any atom is -0.461 e. The number of fused-ring (bicyclic) bond motifs is 2. The number of carbonyl (C=O) groups is 2. The molecular weight excluding hydrogens is 316 g/mol. The van der Waals surface area contributed by atoms with Gasteiger partial charge in [0.05, 0.1) is 0 Å². The Bertz CT molecular complexity index is 567. The molecular formula is C21H30O4. The van der Waals surface area contributed by atoms with Gasteiger partial charge in [-0.3, -0.25) is 9.59 Å². The third kappa shape index (κ3) is 2.24. The van der Waals surface area contributed by atoms with Crippen molar-refractivity contribution in [3.05, 3.63) is 0 Å². The number of hydrogen-bond acceptors (Lipinski definition) is 4. The molecule has 4 nitrogen and oxygen atoms in total. The highest BCUT2D eigenvalue weighted by molar-refractivity contribution is 5.96. The van der Waals surface area contributed by atoms with Crippen LogP contribution in [0, 0.1) is 41.4 Å². The highest BCUT2D eigenvalue weighted by Gasteiger charge is 2.60. The summed E-state index contributed by atoms with van der Waals surface area (Å²) in [6, 6.07) is 0. The lowest BCUT2D eigenvalue weighted by molar-refractivity contribution is -0.218. The summed E-state index contributed by atoms with van der Waals surface area (Å²) in [6.45, 7) is 4.29. The molecule has 6 bridgehead atoms. The first-order valence-electron chi connectivity index (χ1n) is 10.4. The summed E-state index contributed by atoms with van der Waals surface area (Å²) in [5.41, 5.74) is -0.314. The van der Waals surface area contributed by atoms with Crippen molar-refractivity contribution in [2.75, 3.05) is 0 Å². The van der Waals surface area contributed by atoms with Crippen LogP contribution in [0.1, 0.15) is 65.2 Å². The summed E-state index contributed by atoms with van der Waals surface area (Å²) < 4.78 is 11.9. The first-order valence-corrected chi connectivity index (χ1v) is 10.4. The van der Waals surface area contributed by atoms with Crippen LogP contribution in [0.3, 0.4) is 0 Å². The van der Waals surface area contributed by atoms with Crippen molar-refractivity contribution in [3.63, 3.8) is 0 Å². The lowest BCUT2D eigenvalue weighted by atomic mass is 9.49. The van der Waals surface area contributed by atoms with E-state index >= 15 is 0 Å². The van der Waals surface area contributed by atoms with Crippen LogP contribution in [0.25, 0.3) is 0 Å². The topological polar surface area (TPSA) is 52.6 Å². The summed E-state index contributed by atoms with van der Waals surface area (Å²) in [4.78, 5) is 25.6. The van der Waals surface area contributed by atoms with Crippen LogP contribution in [0.5, 0.6) is 0 Å². The Morgan fingerprint density at radius 2 is 1.72 bits per heavy atom. The fraction of sp³-hybridized carbons (Fsp3) is 0.905. The van der Waals surface area contributed by atoms with Gasteiger partial charge in [0, 0.05) is 0 Å². The Morgan fingerprint density at radius 1 is 1.08 bits per heavy atom. The van der Waals surface area contributed by atoms with E-state index in [-0.39, 0.29) is 29.6 Å². The molecule has 5 saturated carbocycles. The van der Waals surface area contributed by atoms with Gasteiger partial charge in [-0.1, -0.05) is 13.8 Å². The van der Waals surface area contributed by atoms with Crippen molar-refractivity contribution < 1.29 is 19.1 Å². The van der Waals surface area contributed by atoms with Crippen molar-refractivity contribution in [1.82, 2.24) is 0 Å². The Hall–Kier alpha value is -1.06. The fourth-order valence-corrected chi connectivity index (χ4v) is 7.45. The molecule has 1 heterocycles. The molecule has 0 aromatic rings. The van der Waals surface area contributed by atoms with E-state index in [1.54, 1.807) is 0 Å². The molecule has 4 unspecified atom stereocenters. The van der Waals surface area contributed by atoms with E-state index in [4.69, 9.17) is 9.47 Å². The summed E-state index contributed by atoms with van der Waals surface area (Å²) >= 11 is 0. The molecule has 25 heavy (non-hydrogen) atoms. The maximum atomic E-state index is 13.1. The van der Waals surface area contributed by atoms with Gasteiger partial charge in [0.1, 0.15) is 11.7 Å². The largest absolute Gasteiger partial charge is 0.461 e. The number of hydrogen-bond donors (Lipinski definition) is 0. The summed E-state index contributed by atoms with van der Waals surface area (Å²) in [5, 5.41) is 0. The molecule has 0 aromatic carbocycles. The number of esters is 2. The van der Waals surface area contributed by atoms with Gasteiger partial charge in [-0.25, -0.2) is 0 Å². The van der Waals surface area contributed by atoms with Crippen LogP contribution in [0.15, 0.2) is 0 Å². The molecule has 0 spiro atoms. The van der Waals surface area contributed by atoms with E-state index in [2.05, 4.69) is 13.8 Å². The number of ether oxygens (including phenoxy) is 2. The monoisotopic (exact) mass is 346 g/mol. The standard InChI is InChI=1S/C21H30O4/c1-3-21(15-6-12-5-13(8-15)9-16(21)7-12)25-20(23)18-14-4-11(2)17(10-14)24-19(18)22/h11-18H,3-10H2,1-2H3. The fourth-order valence-electron chi connectivity index (χ4n) is 7.45. The van der Waals surface area contributed by atoms with E-state index < -0.39 is 5.92 Å². The predicted octanol–water partition coefficient (Wildman–Crippen LogP) is 3.72. The van der Waals surface area contributed by atoms with Crippen LogP contribution in [-0.4, -0.2) is 23.6 Å². The number of carbonyl (C=O) groups excluding carboxylic acids is 2. The van der Waals surface area contributed by atoms with Crippen molar-refractivity contribution >= 4 is 11.9 Å². The Balaban J connectivity index is 1.38. The zero-order chi connectivity index (χ0) is 17.3. The molecule has 0 radical (unpaired) electrons. The van der Waals surface area contributed by atoms with Crippen LogP contribution >= 0.6 is 0 Å². The predicted molar refractivity (Wildman–Crippen MR) is 91.4 cm³/mol. The summed E-state index contributed by atoms with van der Waals surface area (Å²) in [5.74, 6) is 1.91. The van der Waals surface area contributed by atoms with Crippen LogP contribution in [0.4, 0.5) is 0 Å². The maximum absolute atomic E-state index is 13.1. The first kappa shape index (κ1) is 16.1. The van der Waals surface area contributed by atoms with Gasteiger partial charge in [-0.05, 0) is 86.9 Å². The van der Waals surface area contributed by atoms with Crippen LogP contribution < -0.4 is 0 Å². The molecule has 0 aromatic heterocycles.